The maximum atomic E-state index is 11.2. The van der Waals surface area contributed by atoms with Crippen LogP contribution in [-0.2, 0) is 19.5 Å². The summed E-state index contributed by atoms with van der Waals surface area (Å²) in [7, 11) is 0. The molecule has 2 heterocycles. The van der Waals surface area contributed by atoms with Crippen molar-refractivity contribution < 1.29 is 14.2 Å². The Balaban J connectivity index is 1.49. The van der Waals surface area contributed by atoms with Crippen LogP contribution in [0.4, 0.5) is 5.69 Å². The third kappa shape index (κ3) is 6.96. The van der Waals surface area contributed by atoms with Crippen LogP contribution in [0.1, 0.15) is 48.6 Å². The number of benzene rings is 4. The first kappa shape index (κ1) is 29.8. The van der Waals surface area contributed by atoms with E-state index in [1.54, 1.807) is 24.3 Å². The molecule has 45 heavy (non-hydrogen) atoms. The van der Waals surface area contributed by atoms with Gasteiger partial charge < -0.3 is 9.30 Å². The summed E-state index contributed by atoms with van der Waals surface area (Å²) in [5.41, 5.74) is 6.95. The molecule has 0 aliphatic carbocycles. The Morgan fingerprint density at radius 3 is 2.27 bits per heavy atom. The zero-order valence-electron chi connectivity index (χ0n) is 25.6. The normalized spacial score (nSPS) is 11.5. The summed E-state index contributed by atoms with van der Waals surface area (Å²) >= 11 is 0. The van der Waals surface area contributed by atoms with Crippen molar-refractivity contribution in [3.05, 3.63) is 148 Å². The molecule has 0 fully saturated rings. The number of nitro benzene ring substituents is 1. The molecule has 6 rings (SSSR count). The summed E-state index contributed by atoms with van der Waals surface area (Å²) in [5, 5.41) is 13.6. The Kier molecular flexibility index (Phi) is 9.30. The van der Waals surface area contributed by atoms with E-state index < -0.39 is 0 Å². The van der Waals surface area contributed by atoms with Crippen LogP contribution >= 0.6 is 0 Å². The van der Waals surface area contributed by atoms with Gasteiger partial charge in [-0.1, -0.05) is 74.0 Å². The van der Waals surface area contributed by atoms with Crippen LogP contribution in [0.25, 0.3) is 34.0 Å². The van der Waals surface area contributed by atoms with Crippen LogP contribution in [0, 0.1) is 10.1 Å². The molecule has 0 bridgehead atoms. The lowest BCUT2D eigenvalue weighted by molar-refractivity contribution is -0.688. The molecule has 2 aromatic heterocycles. The van der Waals surface area contributed by atoms with Crippen LogP contribution in [0.3, 0.4) is 0 Å². The van der Waals surface area contributed by atoms with Crippen molar-refractivity contribution in [1.82, 2.24) is 4.57 Å². The van der Waals surface area contributed by atoms with Crippen molar-refractivity contribution in [3.63, 3.8) is 0 Å². The molecule has 0 unspecified atom stereocenters. The van der Waals surface area contributed by atoms with Crippen molar-refractivity contribution in [2.24, 2.45) is 0 Å². The molecule has 0 aliphatic rings. The minimum atomic E-state index is -0.365. The Bertz CT molecular complexity index is 1930. The van der Waals surface area contributed by atoms with Crippen molar-refractivity contribution >= 4 is 39.6 Å². The summed E-state index contributed by atoms with van der Waals surface area (Å²) in [6.07, 6.45) is 10.5. The fourth-order valence-electron chi connectivity index (χ4n) is 5.90. The highest BCUT2D eigenvalue weighted by atomic mass is 16.6. The smallest absolute Gasteiger partial charge is 0.269 e. The first-order valence-corrected chi connectivity index (χ1v) is 15.7. The van der Waals surface area contributed by atoms with E-state index in [9.17, 15) is 10.1 Å². The minimum absolute atomic E-state index is 0.0869. The average molecular weight is 597 g/mol. The Labute approximate surface area is 264 Å². The zero-order chi connectivity index (χ0) is 31.0. The number of non-ortho nitro benzene ring substituents is 1. The molecule has 0 spiro atoms. The van der Waals surface area contributed by atoms with Gasteiger partial charge in [0.1, 0.15) is 11.3 Å². The number of aromatic nitrogens is 2. The molecular formula is C39H38N3O3+. The van der Waals surface area contributed by atoms with Crippen molar-refractivity contribution in [2.75, 3.05) is 6.61 Å². The van der Waals surface area contributed by atoms with Crippen LogP contribution in [0.2, 0.25) is 0 Å². The third-order valence-electron chi connectivity index (χ3n) is 8.24. The van der Waals surface area contributed by atoms with E-state index in [4.69, 9.17) is 4.74 Å². The summed E-state index contributed by atoms with van der Waals surface area (Å²) in [4.78, 5) is 10.9. The lowest BCUT2D eigenvalue weighted by atomic mass is 10.1. The monoisotopic (exact) mass is 596 g/mol. The van der Waals surface area contributed by atoms with E-state index in [0.717, 1.165) is 54.8 Å². The summed E-state index contributed by atoms with van der Waals surface area (Å²) in [5.74, 6) is 0.892. The second-order valence-corrected chi connectivity index (χ2v) is 11.4. The highest BCUT2D eigenvalue weighted by Crippen LogP contribution is 2.34. The number of nitro groups is 1. The van der Waals surface area contributed by atoms with E-state index >= 15 is 0 Å². The van der Waals surface area contributed by atoms with E-state index in [-0.39, 0.29) is 10.6 Å². The molecule has 0 radical (unpaired) electrons. The molecule has 0 saturated heterocycles. The van der Waals surface area contributed by atoms with Gasteiger partial charge >= 0.3 is 0 Å². The number of fused-ring (bicyclic) bond motifs is 3. The fourth-order valence-corrected chi connectivity index (χ4v) is 5.90. The summed E-state index contributed by atoms with van der Waals surface area (Å²) in [6.45, 7) is 4.44. The van der Waals surface area contributed by atoms with Gasteiger partial charge in [0.15, 0.2) is 12.7 Å². The largest absolute Gasteiger partial charge is 0.494 e. The second-order valence-electron chi connectivity index (χ2n) is 11.4. The van der Waals surface area contributed by atoms with Gasteiger partial charge in [-0.15, -0.1) is 0 Å². The highest BCUT2D eigenvalue weighted by Gasteiger charge is 2.22. The molecule has 4 aromatic carbocycles. The number of aryl methyl sites for hydroxylation is 2. The molecule has 6 heteroatoms. The van der Waals surface area contributed by atoms with Gasteiger partial charge in [0, 0.05) is 53.2 Å². The molecule has 0 N–H and O–H groups in total. The fraction of sp³-hybridized carbons (Fsp3) is 0.205. The van der Waals surface area contributed by atoms with Crippen molar-refractivity contribution in [1.29, 1.82) is 0 Å². The quantitative estimate of drug-likeness (QED) is 0.0578. The average Bonchev–Trinajstić information content (AvgIpc) is 3.38. The molecule has 0 atom stereocenters. The van der Waals surface area contributed by atoms with E-state index in [2.05, 4.69) is 107 Å². The molecule has 6 aromatic rings. The number of rotatable bonds is 13. The van der Waals surface area contributed by atoms with Gasteiger partial charge in [-0.3, -0.25) is 10.1 Å². The van der Waals surface area contributed by atoms with Crippen LogP contribution in [-0.4, -0.2) is 16.1 Å². The number of hydrogen-bond donors (Lipinski definition) is 0. The number of nitrogens with zero attached hydrogens (tertiary/aromatic N) is 3. The number of hydrogen-bond acceptors (Lipinski definition) is 3. The molecule has 0 amide bonds. The second kappa shape index (κ2) is 14.0. The van der Waals surface area contributed by atoms with Crippen LogP contribution < -0.4 is 9.30 Å². The Hall–Kier alpha value is -5.23. The first-order chi connectivity index (χ1) is 22.1. The summed E-state index contributed by atoms with van der Waals surface area (Å²) < 4.78 is 10.9. The zero-order valence-corrected chi connectivity index (χ0v) is 25.6. The Morgan fingerprint density at radius 2 is 1.56 bits per heavy atom. The molecular weight excluding hydrogens is 558 g/mol. The summed E-state index contributed by atoms with van der Waals surface area (Å²) in [6, 6.07) is 36.5. The van der Waals surface area contributed by atoms with Gasteiger partial charge in [0.25, 0.3) is 5.69 Å². The highest BCUT2D eigenvalue weighted by molar-refractivity contribution is 6.10. The lowest BCUT2D eigenvalue weighted by Crippen LogP contribution is -2.37. The standard InChI is InChI=1S/C39H38N3O3/c1-2-3-27-45-34-21-22-35-36-24-26-40(29-32-13-8-5-9-14-32)37(23-18-31-16-19-33(20-17-31)42(43)44)39(36)41(38(35)28-34)25-10-15-30-11-6-4-7-12-30/h4-9,11-14,16-24,26,28H,2-3,10,15,25,27,29H2,1H3/q+1/b23-18+. The third-order valence-corrected chi connectivity index (χ3v) is 8.24. The van der Waals surface area contributed by atoms with E-state index in [0.29, 0.717) is 13.2 Å². The molecule has 226 valence electrons. The lowest BCUT2D eigenvalue weighted by Gasteiger charge is -2.11. The molecule has 6 nitrogen and oxygen atoms in total. The van der Waals surface area contributed by atoms with Gasteiger partial charge in [-0.25, -0.2) is 0 Å². The number of pyridine rings is 1. The maximum absolute atomic E-state index is 11.2. The van der Waals surface area contributed by atoms with E-state index in [1.165, 1.54) is 27.4 Å². The van der Waals surface area contributed by atoms with Gasteiger partial charge in [-0.05, 0) is 60.7 Å². The predicted octanol–water partition coefficient (Wildman–Crippen LogP) is 9.02. The predicted molar refractivity (Wildman–Crippen MR) is 182 cm³/mol. The number of unbranched alkanes of at least 4 members (excludes halogenated alkanes) is 1. The SMILES string of the molecule is CCCCOc1ccc2c3cc[n+](Cc4ccccc4)c(/C=C/c4ccc([N+](=O)[O-])cc4)c3n(CCCc3ccccc3)c2c1. The van der Waals surface area contributed by atoms with Gasteiger partial charge in [0.05, 0.1) is 17.0 Å². The topological polar surface area (TPSA) is 61.2 Å². The van der Waals surface area contributed by atoms with Gasteiger partial charge in [0.2, 0.25) is 5.69 Å². The van der Waals surface area contributed by atoms with Gasteiger partial charge in [-0.2, -0.15) is 4.57 Å². The maximum Gasteiger partial charge on any atom is 0.269 e. The molecule has 0 saturated carbocycles. The minimum Gasteiger partial charge on any atom is -0.494 e. The molecule has 0 aliphatic heterocycles. The first-order valence-electron chi connectivity index (χ1n) is 15.7. The van der Waals surface area contributed by atoms with Crippen LogP contribution in [0.5, 0.6) is 5.75 Å². The van der Waals surface area contributed by atoms with Crippen LogP contribution in [0.15, 0.2) is 115 Å². The van der Waals surface area contributed by atoms with Crippen molar-refractivity contribution in [2.45, 2.75) is 45.7 Å². The number of ether oxygens (including phenoxy) is 1. The Morgan fingerprint density at radius 1 is 0.822 bits per heavy atom. The van der Waals surface area contributed by atoms with E-state index in [1.807, 2.05) is 12.1 Å². The van der Waals surface area contributed by atoms with Crippen molar-refractivity contribution in [3.8, 4) is 5.75 Å².